The Hall–Kier alpha value is -0.850. The standard InChI is InChI=1S/C16H28O10/c1-8(17)23-16-13(12(21-5)14(22-6)26-16)25-15-11(20-4)10(19-3)9(24-15)7-18-2/h9-16H,7H2,1-6H3/t9-,10-,11+,12-,13+,14-,15-,16-/m0/s1. The van der Waals surface area contributed by atoms with Crippen LogP contribution >= 0.6 is 0 Å². The molecule has 2 heterocycles. The lowest BCUT2D eigenvalue weighted by molar-refractivity contribution is -0.249. The Morgan fingerprint density at radius 1 is 0.769 bits per heavy atom. The summed E-state index contributed by atoms with van der Waals surface area (Å²) in [4.78, 5) is 11.4. The van der Waals surface area contributed by atoms with Gasteiger partial charge < -0.3 is 42.6 Å². The summed E-state index contributed by atoms with van der Waals surface area (Å²) in [6.45, 7) is 1.59. The zero-order valence-corrected chi connectivity index (χ0v) is 15.9. The molecule has 8 atom stereocenters. The third-order valence-corrected chi connectivity index (χ3v) is 4.35. The molecule has 2 aliphatic rings. The van der Waals surface area contributed by atoms with Gasteiger partial charge in [0.05, 0.1) is 6.61 Å². The first-order valence-electron chi connectivity index (χ1n) is 8.24. The molecule has 152 valence electrons. The smallest absolute Gasteiger partial charge is 0.305 e. The van der Waals surface area contributed by atoms with Crippen LogP contribution in [0.4, 0.5) is 0 Å². The van der Waals surface area contributed by atoms with E-state index in [-0.39, 0.29) is 6.10 Å². The maximum Gasteiger partial charge on any atom is 0.305 e. The van der Waals surface area contributed by atoms with Crippen LogP contribution in [0.2, 0.25) is 0 Å². The third-order valence-electron chi connectivity index (χ3n) is 4.35. The predicted molar refractivity (Wildman–Crippen MR) is 85.2 cm³/mol. The van der Waals surface area contributed by atoms with Crippen LogP contribution in [0, 0.1) is 0 Å². The molecular formula is C16H28O10. The van der Waals surface area contributed by atoms with Gasteiger partial charge in [0.1, 0.15) is 24.4 Å². The molecule has 2 fully saturated rings. The highest BCUT2D eigenvalue weighted by molar-refractivity contribution is 5.66. The Bertz CT molecular complexity index is 447. The predicted octanol–water partition coefficient (Wildman–Crippen LogP) is -0.320. The Kier molecular flexibility index (Phi) is 8.17. The van der Waals surface area contributed by atoms with Crippen LogP contribution in [0.1, 0.15) is 6.92 Å². The van der Waals surface area contributed by atoms with E-state index < -0.39 is 49.3 Å². The first-order chi connectivity index (χ1) is 12.5. The van der Waals surface area contributed by atoms with Gasteiger partial charge in [0, 0.05) is 42.5 Å². The van der Waals surface area contributed by atoms with Gasteiger partial charge in [0.15, 0.2) is 18.7 Å². The molecule has 0 bridgehead atoms. The molecule has 0 aromatic carbocycles. The van der Waals surface area contributed by atoms with Crippen LogP contribution in [0.25, 0.3) is 0 Å². The quantitative estimate of drug-likeness (QED) is 0.495. The SMILES string of the molecule is COC[C@@H]1O[C@@H](O[C@H]2[C@@H](OC(C)=O)O[C@H](OC)[C@H]2OC)[C@H](OC)[C@H]1OC. The van der Waals surface area contributed by atoms with Gasteiger partial charge in [-0.2, -0.15) is 0 Å². The number of hydrogen-bond acceptors (Lipinski definition) is 10. The fourth-order valence-electron chi connectivity index (χ4n) is 3.22. The molecule has 0 saturated carbocycles. The van der Waals surface area contributed by atoms with E-state index >= 15 is 0 Å². The average molecular weight is 380 g/mol. The Morgan fingerprint density at radius 3 is 1.88 bits per heavy atom. The molecule has 0 unspecified atom stereocenters. The number of rotatable bonds is 9. The van der Waals surface area contributed by atoms with Crippen LogP contribution < -0.4 is 0 Å². The molecule has 0 N–H and O–H groups in total. The molecule has 0 spiro atoms. The largest absolute Gasteiger partial charge is 0.433 e. The molecule has 0 amide bonds. The van der Waals surface area contributed by atoms with Crippen molar-refractivity contribution in [2.45, 2.75) is 56.3 Å². The van der Waals surface area contributed by atoms with Crippen molar-refractivity contribution in [1.29, 1.82) is 0 Å². The minimum atomic E-state index is -1.01. The summed E-state index contributed by atoms with van der Waals surface area (Å²) in [5.74, 6) is -0.516. The van der Waals surface area contributed by atoms with Crippen molar-refractivity contribution < 1.29 is 47.4 Å². The van der Waals surface area contributed by atoms with E-state index in [0.717, 1.165) is 0 Å². The minimum Gasteiger partial charge on any atom is -0.433 e. The van der Waals surface area contributed by atoms with Gasteiger partial charge in [-0.25, -0.2) is 0 Å². The fraction of sp³-hybridized carbons (Fsp3) is 0.938. The lowest BCUT2D eigenvalue weighted by atomic mass is 10.1. The monoisotopic (exact) mass is 380 g/mol. The molecule has 2 rings (SSSR count). The first-order valence-corrected chi connectivity index (χ1v) is 8.24. The lowest BCUT2D eigenvalue weighted by Gasteiger charge is -2.27. The first kappa shape index (κ1) is 21.5. The van der Waals surface area contributed by atoms with E-state index in [2.05, 4.69) is 0 Å². The highest BCUT2D eigenvalue weighted by Crippen LogP contribution is 2.33. The maximum atomic E-state index is 11.4. The van der Waals surface area contributed by atoms with Crippen molar-refractivity contribution in [3.63, 3.8) is 0 Å². The molecule has 0 aromatic rings. The Labute approximate surface area is 152 Å². The normalized spacial score (nSPS) is 40.1. The number of carbonyl (C=O) groups is 1. The number of carbonyl (C=O) groups excluding carboxylic acids is 1. The summed E-state index contributed by atoms with van der Waals surface area (Å²) < 4.78 is 49.5. The van der Waals surface area contributed by atoms with Gasteiger partial charge in [-0.1, -0.05) is 0 Å². The summed E-state index contributed by atoms with van der Waals surface area (Å²) in [6, 6.07) is 0. The average Bonchev–Trinajstić information content (AvgIpc) is 3.12. The minimum absolute atomic E-state index is 0.307. The van der Waals surface area contributed by atoms with Crippen LogP contribution in [0.5, 0.6) is 0 Å². The lowest BCUT2D eigenvalue weighted by Crippen LogP contribution is -2.45. The van der Waals surface area contributed by atoms with Gasteiger partial charge in [-0.3, -0.25) is 4.79 Å². The van der Waals surface area contributed by atoms with Crippen molar-refractivity contribution in [2.24, 2.45) is 0 Å². The van der Waals surface area contributed by atoms with Crippen molar-refractivity contribution in [2.75, 3.05) is 42.2 Å². The second-order valence-corrected chi connectivity index (χ2v) is 5.92. The van der Waals surface area contributed by atoms with E-state index in [1.165, 1.54) is 28.3 Å². The van der Waals surface area contributed by atoms with E-state index in [9.17, 15) is 4.79 Å². The second kappa shape index (κ2) is 9.90. The van der Waals surface area contributed by atoms with Crippen LogP contribution in [0.15, 0.2) is 0 Å². The number of methoxy groups -OCH3 is 5. The van der Waals surface area contributed by atoms with Gasteiger partial charge in [0.25, 0.3) is 0 Å². The fourth-order valence-corrected chi connectivity index (χ4v) is 3.22. The molecule has 2 aliphatic heterocycles. The third kappa shape index (κ3) is 4.52. The summed E-state index contributed by atoms with van der Waals surface area (Å²) in [5.41, 5.74) is 0. The molecule has 0 aliphatic carbocycles. The topological polar surface area (TPSA) is 100 Å². The van der Waals surface area contributed by atoms with Crippen LogP contribution in [0.3, 0.4) is 0 Å². The van der Waals surface area contributed by atoms with E-state index in [1.54, 1.807) is 14.2 Å². The zero-order valence-electron chi connectivity index (χ0n) is 15.9. The van der Waals surface area contributed by atoms with Crippen molar-refractivity contribution >= 4 is 5.97 Å². The maximum absolute atomic E-state index is 11.4. The molecular weight excluding hydrogens is 352 g/mol. The van der Waals surface area contributed by atoms with Crippen molar-refractivity contribution in [1.82, 2.24) is 0 Å². The highest BCUT2D eigenvalue weighted by atomic mass is 16.8. The van der Waals surface area contributed by atoms with Crippen molar-refractivity contribution in [3.05, 3.63) is 0 Å². The van der Waals surface area contributed by atoms with Crippen molar-refractivity contribution in [3.8, 4) is 0 Å². The van der Waals surface area contributed by atoms with E-state index in [1.807, 2.05) is 0 Å². The number of esters is 1. The Balaban J connectivity index is 2.17. The Morgan fingerprint density at radius 2 is 1.38 bits per heavy atom. The van der Waals surface area contributed by atoms with Gasteiger partial charge >= 0.3 is 5.97 Å². The summed E-state index contributed by atoms with van der Waals surface area (Å²) in [5, 5.41) is 0. The number of hydrogen-bond donors (Lipinski definition) is 0. The molecule has 0 radical (unpaired) electrons. The molecule has 0 aromatic heterocycles. The van der Waals surface area contributed by atoms with Gasteiger partial charge in [-0.05, 0) is 0 Å². The molecule has 10 nitrogen and oxygen atoms in total. The summed E-state index contributed by atoms with van der Waals surface area (Å²) in [7, 11) is 7.61. The highest BCUT2D eigenvalue weighted by Gasteiger charge is 2.53. The summed E-state index contributed by atoms with van der Waals surface area (Å²) in [6.07, 6.45) is -5.27. The van der Waals surface area contributed by atoms with Crippen LogP contribution in [-0.2, 0) is 47.4 Å². The van der Waals surface area contributed by atoms with Crippen LogP contribution in [-0.4, -0.2) is 97.5 Å². The van der Waals surface area contributed by atoms with E-state index in [0.29, 0.717) is 6.61 Å². The summed E-state index contributed by atoms with van der Waals surface area (Å²) >= 11 is 0. The molecule has 26 heavy (non-hydrogen) atoms. The molecule has 10 heteroatoms. The van der Waals surface area contributed by atoms with Gasteiger partial charge in [0.2, 0.25) is 6.29 Å². The van der Waals surface area contributed by atoms with E-state index in [4.69, 9.17) is 42.6 Å². The molecule has 2 saturated heterocycles. The van der Waals surface area contributed by atoms with Gasteiger partial charge in [-0.15, -0.1) is 0 Å². The number of ether oxygens (including phenoxy) is 9. The second-order valence-electron chi connectivity index (χ2n) is 5.92. The zero-order chi connectivity index (χ0) is 19.3.